The molecule has 19 heavy (non-hydrogen) atoms. The molecule has 1 aromatic rings. The molecule has 0 fully saturated rings. The minimum atomic E-state index is -1.05. The summed E-state index contributed by atoms with van der Waals surface area (Å²) in [7, 11) is 3.28. The number of hydrogen-bond donors (Lipinski definition) is 4. The Morgan fingerprint density at radius 3 is 2.58 bits per heavy atom. The molecule has 1 rings (SSSR count). The Balaban J connectivity index is 2.58. The van der Waals surface area contributed by atoms with Gasteiger partial charge in [-0.3, -0.25) is 0 Å². The summed E-state index contributed by atoms with van der Waals surface area (Å²) < 4.78 is 0. The maximum Gasteiger partial charge on any atom is 0.337 e. The number of amides is 2. The van der Waals surface area contributed by atoms with E-state index in [0.717, 1.165) is 0 Å². The number of nitrogen functional groups attached to an aromatic ring is 1. The Morgan fingerprint density at radius 1 is 1.32 bits per heavy atom. The summed E-state index contributed by atoms with van der Waals surface area (Å²) in [4.78, 5) is 23.7. The van der Waals surface area contributed by atoms with Gasteiger partial charge in [0.2, 0.25) is 0 Å². The fraction of sp³-hybridized carbons (Fsp3) is 0.333. The SMILES string of the molecule is CN(C)C(=O)NCCNc1c(N)cccc1C(=O)O. The van der Waals surface area contributed by atoms with E-state index in [1.54, 1.807) is 26.2 Å². The van der Waals surface area contributed by atoms with Crippen LogP contribution in [-0.2, 0) is 0 Å². The van der Waals surface area contributed by atoms with Gasteiger partial charge in [-0.1, -0.05) is 6.07 Å². The maximum absolute atomic E-state index is 11.3. The number of carboxylic acid groups (broad SMARTS) is 1. The molecule has 0 saturated carbocycles. The maximum atomic E-state index is 11.3. The number of nitrogens with zero attached hydrogens (tertiary/aromatic N) is 1. The standard InChI is InChI=1S/C12H18N4O3/c1-16(2)12(19)15-7-6-14-10-8(11(17)18)4-3-5-9(10)13/h3-5,14H,6-7,13H2,1-2H3,(H,15,19)(H,17,18). The molecule has 0 aromatic heterocycles. The van der Waals surface area contributed by atoms with Gasteiger partial charge in [0.05, 0.1) is 16.9 Å². The molecule has 7 nitrogen and oxygen atoms in total. The van der Waals surface area contributed by atoms with Crippen molar-refractivity contribution >= 4 is 23.4 Å². The first-order valence-electron chi connectivity index (χ1n) is 5.74. The molecule has 0 aliphatic heterocycles. The molecule has 0 radical (unpaired) electrons. The Kier molecular flexibility index (Phi) is 4.99. The number of rotatable bonds is 5. The zero-order valence-electron chi connectivity index (χ0n) is 10.9. The topological polar surface area (TPSA) is 108 Å². The molecule has 0 atom stereocenters. The Bertz CT molecular complexity index is 474. The smallest absolute Gasteiger partial charge is 0.337 e. The van der Waals surface area contributed by atoms with Crippen LogP contribution in [0.5, 0.6) is 0 Å². The Hall–Kier alpha value is -2.44. The van der Waals surface area contributed by atoms with Crippen molar-refractivity contribution in [2.45, 2.75) is 0 Å². The summed E-state index contributed by atoms with van der Waals surface area (Å²) in [5.74, 6) is -1.05. The highest BCUT2D eigenvalue weighted by atomic mass is 16.4. The number of aromatic carboxylic acids is 1. The average Bonchev–Trinajstić information content (AvgIpc) is 2.35. The summed E-state index contributed by atoms with van der Waals surface area (Å²) in [5.41, 5.74) is 6.57. The third-order valence-corrected chi connectivity index (χ3v) is 2.44. The molecule has 104 valence electrons. The number of carbonyl (C=O) groups excluding carboxylic acids is 1. The number of nitrogens with two attached hydrogens (primary N) is 1. The number of hydrogen-bond acceptors (Lipinski definition) is 4. The summed E-state index contributed by atoms with van der Waals surface area (Å²) in [6.07, 6.45) is 0. The lowest BCUT2D eigenvalue weighted by Crippen LogP contribution is -2.37. The minimum absolute atomic E-state index is 0.110. The van der Waals surface area contributed by atoms with Crippen molar-refractivity contribution in [3.05, 3.63) is 23.8 Å². The third-order valence-electron chi connectivity index (χ3n) is 2.44. The molecular weight excluding hydrogens is 248 g/mol. The first kappa shape index (κ1) is 14.6. The van der Waals surface area contributed by atoms with Crippen molar-refractivity contribution < 1.29 is 14.7 Å². The molecular formula is C12H18N4O3. The predicted molar refractivity (Wildman–Crippen MR) is 73.4 cm³/mol. The van der Waals surface area contributed by atoms with Crippen molar-refractivity contribution in [3.8, 4) is 0 Å². The zero-order valence-corrected chi connectivity index (χ0v) is 10.9. The number of nitrogens with one attached hydrogen (secondary N) is 2. The Morgan fingerprint density at radius 2 is 2.00 bits per heavy atom. The summed E-state index contributed by atoms with van der Waals surface area (Å²) in [6, 6.07) is 4.46. The van der Waals surface area contributed by atoms with Gasteiger partial charge in [-0.05, 0) is 12.1 Å². The normalized spacial score (nSPS) is 9.79. The van der Waals surface area contributed by atoms with Gasteiger partial charge in [-0.2, -0.15) is 0 Å². The van der Waals surface area contributed by atoms with E-state index in [-0.39, 0.29) is 11.6 Å². The number of carboxylic acids is 1. The summed E-state index contributed by atoms with van der Waals surface area (Å²) in [5, 5.41) is 14.6. The fourth-order valence-electron chi connectivity index (χ4n) is 1.46. The molecule has 1 aromatic carbocycles. The van der Waals surface area contributed by atoms with Crippen LogP contribution < -0.4 is 16.4 Å². The van der Waals surface area contributed by atoms with E-state index in [1.165, 1.54) is 11.0 Å². The second kappa shape index (κ2) is 6.48. The van der Waals surface area contributed by atoms with E-state index in [2.05, 4.69) is 10.6 Å². The van der Waals surface area contributed by atoms with Crippen molar-refractivity contribution in [1.29, 1.82) is 0 Å². The van der Waals surface area contributed by atoms with Crippen molar-refractivity contribution in [2.24, 2.45) is 0 Å². The molecule has 0 aliphatic rings. The molecule has 0 aliphatic carbocycles. The lowest BCUT2D eigenvalue weighted by atomic mass is 10.1. The third kappa shape index (κ3) is 4.06. The van der Waals surface area contributed by atoms with Gasteiger partial charge >= 0.3 is 12.0 Å². The average molecular weight is 266 g/mol. The molecule has 0 heterocycles. The first-order chi connectivity index (χ1) is 8.93. The second-order valence-electron chi connectivity index (χ2n) is 4.13. The van der Waals surface area contributed by atoms with Crippen LogP contribution in [0.25, 0.3) is 0 Å². The highest BCUT2D eigenvalue weighted by Gasteiger charge is 2.12. The summed E-state index contributed by atoms with van der Waals surface area (Å²) in [6.45, 7) is 0.748. The van der Waals surface area contributed by atoms with Crippen LogP contribution in [0.4, 0.5) is 16.2 Å². The number of para-hydroxylation sites is 1. The lowest BCUT2D eigenvalue weighted by molar-refractivity contribution is 0.0698. The number of benzene rings is 1. The van der Waals surface area contributed by atoms with Crippen LogP contribution in [0, 0.1) is 0 Å². The molecule has 0 spiro atoms. The molecule has 0 unspecified atom stereocenters. The fourth-order valence-corrected chi connectivity index (χ4v) is 1.46. The zero-order chi connectivity index (χ0) is 14.4. The van der Waals surface area contributed by atoms with Crippen LogP contribution in [0.3, 0.4) is 0 Å². The summed E-state index contributed by atoms with van der Waals surface area (Å²) >= 11 is 0. The molecule has 7 heteroatoms. The van der Waals surface area contributed by atoms with Crippen molar-refractivity contribution in [2.75, 3.05) is 38.2 Å². The minimum Gasteiger partial charge on any atom is -0.478 e. The number of urea groups is 1. The van der Waals surface area contributed by atoms with Crippen molar-refractivity contribution in [3.63, 3.8) is 0 Å². The van der Waals surface area contributed by atoms with Gasteiger partial charge in [0.1, 0.15) is 0 Å². The predicted octanol–water partition coefficient (Wildman–Crippen LogP) is 0.650. The van der Waals surface area contributed by atoms with E-state index < -0.39 is 5.97 Å². The van der Waals surface area contributed by atoms with Gasteiger partial charge in [-0.25, -0.2) is 9.59 Å². The van der Waals surface area contributed by atoms with Gasteiger partial charge < -0.3 is 26.4 Å². The number of carbonyl (C=O) groups is 2. The van der Waals surface area contributed by atoms with E-state index in [4.69, 9.17) is 10.8 Å². The number of anilines is 2. The van der Waals surface area contributed by atoms with E-state index >= 15 is 0 Å². The van der Waals surface area contributed by atoms with Crippen LogP contribution in [-0.4, -0.2) is 49.2 Å². The van der Waals surface area contributed by atoms with Crippen LogP contribution >= 0.6 is 0 Å². The Labute approximate surface area is 111 Å². The van der Waals surface area contributed by atoms with Crippen LogP contribution in [0.2, 0.25) is 0 Å². The van der Waals surface area contributed by atoms with Gasteiger partial charge in [-0.15, -0.1) is 0 Å². The van der Waals surface area contributed by atoms with Crippen LogP contribution in [0.15, 0.2) is 18.2 Å². The highest BCUT2D eigenvalue weighted by molar-refractivity contribution is 5.97. The van der Waals surface area contributed by atoms with Gasteiger partial charge in [0.15, 0.2) is 0 Å². The van der Waals surface area contributed by atoms with E-state index in [0.29, 0.717) is 24.5 Å². The highest BCUT2D eigenvalue weighted by Crippen LogP contribution is 2.22. The molecule has 0 saturated heterocycles. The van der Waals surface area contributed by atoms with E-state index in [1.807, 2.05) is 0 Å². The second-order valence-corrected chi connectivity index (χ2v) is 4.13. The first-order valence-corrected chi connectivity index (χ1v) is 5.74. The molecule has 0 bridgehead atoms. The van der Waals surface area contributed by atoms with Gasteiger partial charge in [0, 0.05) is 27.2 Å². The quantitative estimate of drug-likeness (QED) is 0.462. The van der Waals surface area contributed by atoms with Crippen molar-refractivity contribution in [1.82, 2.24) is 10.2 Å². The van der Waals surface area contributed by atoms with E-state index in [9.17, 15) is 9.59 Å². The van der Waals surface area contributed by atoms with Gasteiger partial charge in [0.25, 0.3) is 0 Å². The largest absolute Gasteiger partial charge is 0.478 e. The lowest BCUT2D eigenvalue weighted by Gasteiger charge is -2.14. The molecule has 5 N–H and O–H groups in total. The molecule has 2 amide bonds. The monoisotopic (exact) mass is 266 g/mol. The van der Waals surface area contributed by atoms with Crippen LogP contribution in [0.1, 0.15) is 10.4 Å².